The average Bonchev–Trinajstić information content (AvgIpc) is 2.98. The van der Waals surface area contributed by atoms with E-state index in [0.717, 1.165) is 22.9 Å². The largest absolute Gasteiger partial charge is 0.507 e. The number of para-hydroxylation sites is 1. The quantitative estimate of drug-likeness (QED) is 0.116. The van der Waals surface area contributed by atoms with Gasteiger partial charge in [0.2, 0.25) is 5.91 Å². The van der Waals surface area contributed by atoms with Crippen LogP contribution in [-0.2, 0) is 4.79 Å². The summed E-state index contributed by atoms with van der Waals surface area (Å²) in [5.74, 6) is -1.89. The number of thioether (sulfide) groups is 2. The Morgan fingerprint density at radius 2 is 1.84 bits per heavy atom. The molecule has 0 saturated carbocycles. The van der Waals surface area contributed by atoms with Crippen LogP contribution in [0.3, 0.4) is 0 Å². The number of hydrogen-bond acceptors (Lipinski definition) is 8. The molecule has 0 atom stereocenters. The number of aromatic hydroxyl groups is 1. The van der Waals surface area contributed by atoms with Gasteiger partial charge in [-0.25, -0.2) is 23.1 Å². The number of aromatic nitrogens is 3. The zero-order valence-corrected chi connectivity index (χ0v) is 26.1. The number of hydrogen-bond donors (Lipinski definition) is 1. The fourth-order valence-corrected chi connectivity index (χ4v) is 6.14. The number of phenols is 1. The first kappa shape index (κ1) is 32.0. The SMILES string of the molecule is C=CC(=O)N(CCC)CCN(CSC)c1nc(=O)n(-c2c(C)cccc2SC)c2nc(-c3c(O)cccc3F)c(F)cc12. The minimum absolute atomic E-state index is 0.0531. The van der Waals surface area contributed by atoms with Crippen molar-refractivity contribution in [1.82, 2.24) is 19.4 Å². The molecular formula is C31H33F2N5O3S2. The lowest BCUT2D eigenvalue weighted by Gasteiger charge is -2.28. The molecule has 0 bridgehead atoms. The predicted molar refractivity (Wildman–Crippen MR) is 171 cm³/mol. The highest BCUT2D eigenvalue weighted by atomic mass is 32.2. The van der Waals surface area contributed by atoms with Crippen LogP contribution in [0.1, 0.15) is 18.9 Å². The van der Waals surface area contributed by atoms with Gasteiger partial charge in [0.25, 0.3) is 0 Å². The summed E-state index contributed by atoms with van der Waals surface area (Å²) in [5, 5.41) is 10.7. The average molecular weight is 626 g/mol. The highest BCUT2D eigenvalue weighted by Crippen LogP contribution is 2.36. The smallest absolute Gasteiger partial charge is 0.355 e. The van der Waals surface area contributed by atoms with Crippen molar-refractivity contribution in [1.29, 1.82) is 0 Å². The molecule has 0 aliphatic heterocycles. The lowest BCUT2D eigenvalue weighted by Crippen LogP contribution is -2.39. The highest BCUT2D eigenvalue weighted by molar-refractivity contribution is 7.98. The number of halogens is 2. The van der Waals surface area contributed by atoms with Crippen LogP contribution in [0.15, 0.2) is 64.8 Å². The normalized spacial score (nSPS) is 11.1. The summed E-state index contributed by atoms with van der Waals surface area (Å²) in [6, 6.07) is 10.4. The van der Waals surface area contributed by atoms with Gasteiger partial charge >= 0.3 is 5.69 Å². The Balaban J connectivity index is 2.03. The molecule has 2 heterocycles. The summed E-state index contributed by atoms with van der Waals surface area (Å²) < 4.78 is 32.1. The number of amides is 1. The van der Waals surface area contributed by atoms with Crippen molar-refractivity contribution in [3.05, 3.63) is 82.8 Å². The number of carbonyl (C=O) groups is 1. The Labute approximate surface area is 257 Å². The molecule has 4 rings (SSSR count). The van der Waals surface area contributed by atoms with Gasteiger partial charge in [-0.3, -0.25) is 4.79 Å². The van der Waals surface area contributed by atoms with Crippen molar-refractivity contribution in [3.8, 4) is 22.7 Å². The van der Waals surface area contributed by atoms with E-state index >= 15 is 4.39 Å². The summed E-state index contributed by atoms with van der Waals surface area (Å²) >= 11 is 2.89. The fourth-order valence-electron chi connectivity index (χ4n) is 4.91. The summed E-state index contributed by atoms with van der Waals surface area (Å²) in [7, 11) is 0. The molecule has 0 unspecified atom stereocenters. The molecule has 0 aliphatic carbocycles. The Morgan fingerprint density at radius 3 is 2.49 bits per heavy atom. The monoisotopic (exact) mass is 625 g/mol. The van der Waals surface area contributed by atoms with E-state index in [9.17, 15) is 19.1 Å². The number of aryl methyl sites for hydroxylation is 1. The lowest BCUT2D eigenvalue weighted by molar-refractivity contribution is -0.125. The molecular weight excluding hydrogens is 593 g/mol. The molecule has 0 saturated heterocycles. The molecule has 0 radical (unpaired) electrons. The second kappa shape index (κ2) is 14.0. The number of fused-ring (bicyclic) bond motifs is 1. The van der Waals surface area contributed by atoms with Crippen LogP contribution in [0.25, 0.3) is 28.0 Å². The van der Waals surface area contributed by atoms with Crippen molar-refractivity contribution in [2.45, 2.75) is 25.2 Å². The summed E-state index contributed by atoms with van der Waals surface area (Å²) in [6.45, 7) is 8.53. The third-order valence-electron chi connectivity index (χ3n) is 6.88. The van der Waals surface area contributed by atoms with E-state index in [1.807, 2.05) is 44.6 Å². The third-order valence-corrected chi connectivity index (χ3v) is 8.22. The van der Waals surface area contributed by atoms with Gasteiger partial charge in [0, 0.05) is 24.5 Å². The first-order chi connectivity index (χ1) is 20.7. The van der Waals surface area contributed by atoms with Crippen molar-refractivity contribution in [2.24, 2.45) is 0 Å². The van der Waals surface area contributed by atoms with Gasteiger partial charge in [0.15, 0.2) is 11.5 Å². The molecule has 226 valence electrons. The molecule has 43 heavy (non-hydrogen) atoms. The topological polar surface area (TPSA) is 91.6 Å². The van der Waals surface area contributed by atoms with Crippen LogP contribution in [0.4, 0.5) is 14.6 Å². The Kier molecular flexibility index (Phi) is 10.5. The van der Waals surface area contributed by atoms with E-state index in [1.165, 1.54) is 52.4 Å². The number of benzene rings is 2. The number of carbonyl (C=O) groups excluding carboxylic acids is 1. The zero-order valence-electron chi connectivity index (χ0n) is 24.4. The van der Waals surface area contributed by atoms with Gasteiger partial charge in [-0.15, -0.1) is 23.5 Å². The van der Waals surface area contributed by atoms with Crippen LogP contribution < -0.4 is 10.6 Å². The van der Waals surface area contributed by atoms with Crippen LogP contribution in [-0.4, -0.2) is 68.5 Å². The van der Waals surface area contributed by atoms with Gasteiger partial charge < -0.3 is 14.9 Å². The van der Waals surface area contributed by atoms with E-state index in [2.05, 4.69) is 16.5 Å². The molecule has 1 N–H and O–H groups in total. The summed E-state index contributed by atoms with van der Waals surface area (Å²) in [6.07, 6.45) is 5.75. The Hall–Kier alpha value is -3.90. The van der Waals surface area contributed by atoms with Crippen molar-refractivity contribution in [2.75, 3.05) is 42.9 Å². The molecule has 1 amide bonds. The first-order valence-corrected chi connectivity index (χ1v) is 16.2. The minimum Gasteiger partial charge on any atom is -0.507 e. The molecule has 4 aromatic rings. The number of pyridine rings is 1. The summed E-state index contributed by atoms with van der Waals surface area (Å²) in [4.78, 5) is 39.5. The molecule has 8 nitrogen and oxygen atoms in total. The lowest BCUT2D eigenvalue weighted by atomic mass is 10.1. The van der Waals surface area contributed by atoms with E-state index < -0.39 is 34.3 Å². The van der Waals surface area contributed by atoms with Crippen molar-refractivity contribution < 1.29 is 18.7 Å². The van der Waals surface area contributed by atoms with Crippen molar-refractivity contribution in [3.63, 3.8) is 0 Å². The van der Waals surface area contributed by atoms with Gasteiger partial charge in [-0.05, 0) is 61.8 Å². The second-order valence-corrected chi connectivity index (χ2v) is 11.4. The number of phenolic OH excluding ortho intramolecular Hbond substituents is 1. The molecule has 0 spiro atoms. The molecule has 2 aromatic carbocycles. The van der Waals surface area contributed by atoms with E-state index in [4.69, 9.17) is 0 Å². The summed E-state index contributed by atoms with van der Waals surface area (Å²) in [5.41, 5.74) is -0.173. The van der Waals surface area contributed by atoms with E-state index in [-0.39, 0.29) is 22.8 Å². The minimum atomic E-state index is -0.894. The Morgan fingerprint density at radius 1 is 1.09 bits per heavy atom. The van der Waals surface area contributed by atoms with Gasteiger partial charge in [-0.1, -0.05) is 31.7 Å². The zero-order chi connectivity index (χ0) is 31.3. The van der Waals surface area contributed by atoms with Gasteiger partial charge in [0.1, 0.15) is 23.1 Å². The molecule has 0 aliphatic rings. The number of nitrogens with zero attached hydrogens (tertiary/aromatic N) is 5. The van der Waals surface area contributed by atoms with Gasteiger partial charge in [0.05, 0.1) is 22.5 Å². The maximum Gasteiger partial charge on any atom is 0.355 e. The molecule has 0 fully saturated rings. The fraction of sp³-hybridized carbons (Fsp3) is 0.290. The maximum absolute atomic E-state index is 15.9. The number of anilines is 1. The number of rotatable bonds is 12. The Bertz CT molecular complexity index is 1710. The first-order valence-electron chi connectivity index (χ1n) is 13.6. The molecule has 12 heteroatoms. The van der Waals surface area contributed by atoms with E-state index in [0.29, 0.717) is 31.2 Å². The van der Waals surface area contributed by atoms with Crippen LogP contribution >= 0.6 is 23.5 Å². The standard InChI is InChI=1S/C31H33F2N5O3S2/c1-6-14-36(25(40)7-2)15-16-37(18-42-4)29-20-17-22(33)27(26-21(32)11-9-12-23(26)39)34-30(20)38(31(41)35-29)28-19(3)10-8-13-24(28)43-5/h7-13,17,39H,2,6,14-16,18H2,1,3-5H3. The molecule has 2 aromatic heterocycles. The second-order valence-electron chi connectivity index (χ2n) is 9.71. The van der Waals surface area contributed by atoms with Crippen LogP contribution in [0.2, 0.25) is 0 Å². The van der Waals surface area contributed by atoms with Crippen molar-refractivity contribution >= 4 is 46.3 Å². The van der Waals surface area contributed by atoms with Crippen LogP contribution in [0.5, 0.6) is 5.75 Å². The predicted octanol–water partition coefficient (Wildman–Crippen LogP) is 6.01. The maximum atomic E-state index is 15.9. The third kappa shape index (κ3) is 6.54. The highest BCUT2D eigenvalue weighted by Gasteiger charge is 2.25. The van der Waals surface area contributed by atoms with Gasteiger partial charge in [-0.2, -0.15) is 4.98 Å². The van der Waals surface area contributed by atoms with Crippen LogP contribution in [0, 0.1) is 18.6 Å². The van der Waals surface area contributed by atoms with E-state index in [1.54, 1.807) is 9.80 Å².